The second-order valence-corrected chi connectivity index (χ2v) is 14.9. The highest BCUT2D eigenvalue weighted by molar-refractivity contribution is 7.94. The number of aromatic nitrogens is 1. The molecule has 0 spiro atoms. The maximum absolute atomic E-state index is 12.7. The van der Waals surface area contributed by atoms with E-state index < -0.39 is 18.2 Å². The summed E-state index contributed by atoms with van der Waals surface area (Å²) in [6.07, 6.45) is 1.40. The minimum Gasteiger partial charge on any atom is -0.343 e. The van der Waals surface area contributed by atoms with Gasteiger partial charge in [0, 0.05) is 14.1 Å². The first-order valence-electron chi connectivity index (χ1n) is 6.51. The van der Waals surface area contributed by atoms with Gasteiger partial charge >= 0.3 is 0 Å². The zero-order valence-electron chi connectivity index (χ0n) is 13.6. The molecule has 0 saturated carbocycles. The lowest BCUT2D eigenvalue weighted by atomic mass is 10.2. The Morgan fingerprint density at radius 3 is 2.38 bits per heavy atom. The molecule has 0 fully saturated rings. The first kappa shape index (κ1) is 18.3. The van der Waals surface area contributed by atoms with E-state index in [-0.39, 0.29) is 16.0 Å². The van der Waals surface area contributed by atoms with Crippen LogP contribution in [-0.4, -0.2) is 42.3 Å². The normalized spacial score (nSPS) is 15.4. The Morgan fingerprint density at radius 2 is 1.95 bits per heavy atom. The molecule has 0 aliphatic carbocycles. The molecule has 1 amide bonds. The molecule has 120 valence electrons. The predicted molar refractivity (Wildman–Crippen MR) is 90.4 cm³/mol. The highest BCUT2D eigenvalue weighted by Crippen LogP contribution is 2.38. The first-order valence-corrected chi connectivity index (χ1v) is 11.9. The second kappa shape index (κ2) is 5.79. The van der Waals surface area contributed by atoms with E-state index in [0.29, 0.717) is 4.21 Å². The van der Waals surface area contributed by atoms with Crippen LogP contribution in [0.25, 0.3) is 0 Å². The first-order chi connectivity index (χ1) is 9.28. The molecule has 9 heteroatoms. The molecule has 1 rings (SSSR count). The largest absolute Gasteiger partial charge is 0.343 e. The average Bonchev–Trinajstić information content (AvgIpc) is 2.74. The number of rotatable bonds is 3. The van der Waals surface area contributed by atoms with Crippen molar-refractivity contribution in [2.75, 3.05) is 14.1 Å². The number of carbonyl (C=O) groups excluding carboxylic acids is 1. The standard InChI is InChI=1S/C12H24N4O2S2Si/c1-12(2,3)21(6,7)15-20(13,18)9-8-14-10(19-9)11(17)16(4)5/h8H,1-7H3,(H2,13,15,18). The third-order valence-electron chi connectivity index (χ3n) is 3.56. The number of amides is 1. The van der Waals surface area contributed by atoms with Crippen molar-refractivity contribution in [2.45, 2.75) is 43.1 Å². The molecule has 1 heterocycles. The lowest BCUT2D eigenvalue weighted by molar-refractivity contribution is 0.0827. The molecular weight excluding hydrogens is 324 g/mol. The van der Waals surface area contributed by atoms with Crippen LogP contribution in [0.3, 0.4) is 0 Å². The van der Waals surface area contributed by atoms with Gasteiger partial charge in [-0.2, -0.15) is 0 Å². The Hall–Kier alpha value is -0.773. The molecule has 0 saturated heterocycles. The van der Waals surface area contributed by atoms with Gasteiger partial charge in [0.2, 0.25) is 0 Å². The van der Waals surface area contributed by atoms with Crippen LogP contribution in [-0.2, 0) is 9.92 Å². The van der Waals surface area contributed by atoms with Crippen LogP contribution < -0.4 is 5.14 Å². The average molecular weight is 349 g/mol. The van der Waals surface area contributed by atoms with Gasteiger partial charge in [0.1, 0.15) is 14.1 Å². The maximum Gasteiger partial charge on any atom is 0.282 e. The zero-order chi connectivity index (χ0) is 16.6. The summed E-state index contributed by atoms with van der Waals surface area (Å²) in [5.74, 6) is -0.228. The Labute approximate surface area is 132 Å². The summed E-state index contributed by atoms with van der Waals surface area (Å²) >= 11 is 1.05. The summed E-state index contributed by atoms with van der Waals surface area (Å²) in [6, 6.07) is 0. The van der Waals surface area contributed by atoms with Crippen LogP contribution in [0.5, 0.6) is 0 Å². The van der Waals surface area contributed by atoms with E-state index in [1.54, 1.807) is 14.1 Å². The molecule has 0 bridgehead atoms. The van der Waals surface area contributed by atoms with E-state index in [4.69, 9.17) is 5.14 Å². The highest BCUT2D eigenvalue weighted by Gasteiger charge is 2.37. The summed E-state index contributed by atoms with van der Waals surface area (Å²) in [7, 11) is -1.89. The number of hydrogen-bond acceptors (Lipinski definition) is 5. The Kier molecular flexibility index (Phi) is 5.04. The fourth-order valence-electron chi connectivity index (χ4n) is 1.21. The third kappa shape index (κ3) is 4.12. The number of carbonyl (C=O) groups is 1. The van der Waals surface area contributed by atoms with E-state index in [9.17, 15) is 9.00 Å². The van der Waals surface area contributed by atoms with Gasteiger partial charge in [0.15, 0.2) is 13.2 Å². The quantitative estimate of drug-likeness (QED) is 0.851. The number of hydrogen-bond donors (Lipinski definition) is 1. The topological polar surface area (TPSA) is 88.6 Å². The summed E-state index contributed by atoms with van der Waals surface area (Å²) in [4.78, 5) is 17.3. The molecule has 1 atom stereocenters. The van der Waals surface area contributed by atoms with E-state index in [1.807, 2.05) is 13.1 Å². The third-order valence-corrected chi connectivity index (χ3v) is 12.6. The maximum atomic E-state index is 12.7. The van der Waals surface area contributed by atoms with Gasteiger partial charge in [-0.05, 0) is 18.1 Å². The molecule has 6 nitrogen and oxygen atoms in total. The van der Waals surface area contributed by atoms with Crippen molar-refractivity contribution in [2.24, 2.45) is 9.17 Å². The fourth-order valence-corrected chi connectivity index (χ4v) is 7.30. The molecule has 0 radical (unpaired) electrons. The van der Waals surface area contributed by atoms with Gasteiger partial charge in [-0.15, -0.1) is 0 Å². The summed E-state index contributed by atoms with van der Waals surface area (Å²) in [6.45, 7) is 10.3. The summed E-state index contributed by atoms with van der Waals surface area (Å²) < 4.78 is 17.6. The van der Waals surface area contributed by atoms with Crippen molar-refractivity contribution >= 4 is 35.4 Å². The smallest absolute Gasteiger partial charge is 0.282 e. The van der Waals surface area contributed by atoms with Crippen molar-refractivity contribution in [1.29, 1.82) is 0 Å². The molecule has 2 N–H and O–H groups in total. The van der Waals surface area contributed by atoms with E-state index >= 15 is 0 Å². The zero-order valence-corrected chi connectivity index (χ0v) is 16.3. The Morgan fingerprint density at radius 1 is 1.43 bits per heavy atom. The molecule has 0 aliphatic heterocycles. The van der Waals surface area contributed by atoms with Gasteiger partial charge in [-0.1, -0.05) is 32.1 Å². The molecule has 1 unspecified atom stereocenters. The number of nitrogens with zero attached hydrogens (tertiary/aromatic N) is 3. The van der Waals surface area contributed by atoms with Crippen LogP contribution in [0, 0.1) is 0 Å². The molecule has 0 aliphatic rings. The second-order valence-electron chi connectivity index (χ2n) is 6.65. The SMILES string of the molecule is CN(C)C(=O)c1ncc(S(N)(=O)=N[Si](C)(C)C(C)(C)C)s1. The van der Waals surface area contributed by atoms with Gasteiger partial charge in [0.05, 0.1) is 6.20 Å². The van der Waals surface area contributed by atoms with E-state index in [2.05, 4.69) is 29.8 Å². The van der Waals surface area contributed by atoms with Crippen LogP contribution in [0.1, 0.15) is 30.6 Å². The minimum absolute atomic E-state index is 0.0536. The van der Waals surface area contributed by atoms with Crippen molar-refractivity contribution in [3.05, 3.63) is 11.2 Å². The van der Waals surface area contributed by atoms with Crippen LogP contribution in [0.2, 0.25) is 18.1 Å². The summed E-state index contributed by atoms with van der Waals surface area (Å²) in [5, 5.41) is 6.17. The van der Waals surface area contributed by atoms with Crippen molar-refractivity contribution in [1.82, 2.24) is 9.88 Å². The monoisotopic (exact) mass is 348 g/mol. The molecular formula is C12H24N4O2S2Si. The van der Waals surface area contributed by atoms with Crippen LogP contribution >= 0.6 is 11.3 Å². The molecule has 0 aromatic carbocycles. The van der Waals surface area contributed by atoms with E-state index in [0.717, 1.165) is 11.3 Å². The van der Waals surface area contributed by atoms with Crippen molar-refractivity contribution in [3.8, 4) is 0 Å². The minimum atomic E-state index is -3.02. The van der Waals surface area contributed by atoms with E-state index in [1.165, 1.54) is 11.1 Å². The lowest BCUT2D eigenvalue weighted by Gasteiger charge is -2.32. The van der Waals surface area contributed by atoms with Gasteiger partial charge in [-0.25, -0.2) is 14.3 Å². The van der Waals surface area contributed by atoms with Crippen molar-refractivity contribution in [3.63, 3.8) is 0 Å². The molecule has 21 heavy (non-hydrogen) atoms. The van der Waals surface area contributed by atoms with Gasteiger partial charge < -0.3 is 4.90 Å². The Balaban J connectivity index is 3.27. The Bertz CT molecular complexity index is 652. The van der Waals surface area contributed by atoms with Gasteiger partial charge in [-0.3, -0.25) is 8.82 Å². The highest BCUT2D eigenvalue weighted by atomic mass is 32.2. The number of thiazole rings is 1. The molecule has 1 aromatic heterocycles. The summed E-state index contributed by atoms with van der Waals surface area (Å²) in [5.41, 5.74) is 0. The lowest BCUT2D eigenvalue weighted by Crippen LogP contribution is -2.37. The fraction of sp³-hybridized carbons (Fsp3) is 0.667. The molecule has 1 aromatic rings. The van der Waals surface area contributed by atoms with Crippen molar-refractivity contribution < 1.29 is 9.00 Å². The van der Waals surface area contributed by atoms with Gasteiger partial charge in [0.25, 0.3) is 5.91 Å². The predicted octanol–water partition coefficient (Wildman–Crippen LogP) is 2.55. The van der Waals surface area contributed by atoms with Crippen LogP contribution in [0.4, 0.5) is 0 Å². The van der Waals surface area contributed by atoms with Crippen LogP contribution in [0.15, 0.2) is 14.4 Å². The number of nitrogens with two attached hydrogens (primary N) is 1.